The fraction of sp³-hybridized carbons (Fsp3) is 0.632. The maximum Gasteiger partial charge on any atom is 0.243 e. The van der Waals surface area contributed by atoms with E-state index in [2.05, 4.69) is 5.32 Å². The number of rotatable bonds is 6. The van der Waals surface area contributed by atoms with Crippen LogP contribution in [0.3, 0.4) is 0 Å². The highest BCUT2D eigenvalue weighted by Crippen LogP contribution is 2.24. The van der Waals surface area contributed by atoms with E-state index in [1.54, 1.807) is 12.1 Å². The van der Waals surface area contributed by atoms with Gasteiger partial charge in [-0.15, -0.1) is 0 Å². The normalized spacial score (nSPS) is 22.5. The Morgan fingerprint density at radius 2 is 1.63 bits per heavy atom. The monoisotopic (exact) mass is 459 g/mol. The van der Waals surface area contributed by atoms with E-state index in [1.807, 2.05) is 0 Å². The lowest BCUT2D eigenvalue weighted by Gasteiger charge is -2.35. The van der Waals surface area contributed by atoms with Crippen molar-refractivity contribution in [1.82, 2.24) is 13.9 Å². The van der Waals surface area contributed by atoms with Crippen molar-refractivity contribution < 1.29 is 26.4 Å². The Hall–Kier alpha value is -1.69. The largest absolute Gasteiger partial charge is 0.497 e. The fourth-order valence-corrected chi connectivity index (χ4v) is 6.59. The first-order valence-electron chi connectivity index (χ1n) is 10.0. The summed E-state index contributed by atoms with van der Waals surface area (Å²) in [5.74, 6) is 0.290. The molecular formula is C19H29N3O6S2. The number of piperidine rings is 2. The molecule has 11 heteroatoms. The molecule has 168 valence electrons. The molecule has 0 radical (unpaired) electrons. The number of benzene rings is 1. The summed E-state index contributed by atoms with van der Waals surface area (Å²) < 4.78 is 57.4. The van der Waals surface area contributed by atoms with E-state index in [-0.39, 0.29) is 16.8 Å². The van der Waals surface area contributed by atoms with E-state index in [0.29, 0.717) is 44.6 Å². The van der Waals surface area contributed by atoms with Crippen molar-refractivity contribution in [3.05, 3.63) is 24.3 Å². The van der Waals surface area contributed by atoms with Crippen molar-refractivity contribution in [2.45, 2.75) is 49.1 Å². The Kier molecular flexibility index (Phi) is 7.05. The Bertz CT molecular complexity index is 954. The second kappa shape index (κ2) is 9.21. The van der Waals surface area contributed by atoms with Crippen molar-refractivity contribution in [1.29, 1.82) is 0 Å². The smallest absolute Gasteiger partial charge is 0.243 e. The number of hydrogen-bond acceptors (Lipinski definition) is 6. The summed E-state index contributed by atoms with van der Waals surface area (Å²) in [6.45, 7) is 0.939. The fourth-order valence-electron chi connectivity index (χ4n) is 4.00. The van der Waals surface area contributed by atoms with Gasteiger partial charge < -0.3 is 10.1 Å². The van der Waals surface area contributed by atoms with Crippen LogP contribution in [-0.4, -0.2) is 76.4 Å². The van der Waals surface area contributed by atoms with Crippen molar-refractivity contribution >= 4 is 26.0 Å². The average Bonchev–Trinajstić information content (AvgIpc) is 2.73. The van der Waals surface area contributed by atoms with E-state index in [4.69, 9.17) is 4.74 Å². The van der Waals surface area contributed by atoms with E-state index in [9.17, 15) is 21.6 Å². The number of carbonyl (C=O) groups excluding carboxylic acids is 1. The van der Waals surface area contributed by atoms with E-state index >= 15 is 0 Å². The Morgan fingerprint density at radius 1 is 1.00 bits per heavy atom. The number of nitrogens with zero attached hydrogens (tertiary/aromatic N) is 2. The number of nitrogens with one attached hydrogen (secondary N) is 1. The molecule has 2 fully saturated rings. The predicted molar refractivity (Wildman–Crippen MR) is 112 cm³/mol. The van der Waals surface area contributed by atoms with Crippen LogP contribution in [0.25, 0.3) is 0 Å². The van der Waals surface area contributed by atoms with Gasteiger partial charge in [0.2, 0.25) is 26.0 Å². The molecule has 1 N–H and O–H groups in total. The van der Waals surface area contributed by atoms with Gasteiger partial charge in [-0.3, -0.25) is 4.79 Å². The van der Waals surface area contributed by atoms with Crippen LogP contribution in [0, 0.1) is 0 Å². The van der Waals surface area contributed by atoms with Gasteiger partial charge in [-0.25, -0.2) is 16.8 Å². The van der Waals surface area contributed by atoms with Crippen molar-refractivity contribution in [2.24, 2.45) is 0 Å². The predicted octanol–water partition coefficient (Wildman–Crippen LogP) is 0.779. The number of sulfonamides is 2. The molecule has 2 heterocycles. The summed E-state index contributed by atoms with van der Waals surface area (Å²) in [7, 11) is -5.54. The molecule has 0 bridgehead atoms. The number of amides is 1. The first-order chi connectivity index (χ1) is 14.1. The summed E-state index contributed by atoms with van der Waals surface area (Å²) in [6, 6.07) is 5.39. The SMILES string of the molecule is COc1ccc(S(=O)(=O)N2CCC(NC(=O)C3CCCCN3S(C)(=O)=O)CC2)cc1. The molecule has 2 aliphatic heterocycles. The van der Waals surface area contributed by atoms with Gasteiger partial charge >= 0.3 is 0 Å². The van der Waals surface area contributed by atoms with Gasteiger partial charge in [0.05, 0.1) is 18.3 Å². The van der Waals surface area contributed by atoms with Gasteiger partial charge in [-0.1, -0.05) is 6.42 Å². The molecule has 1 atom stereocenters. The zero-order chi connectivity index (χ0) is 21.9. The Balaban J connectivity index is 1.59. The molecule has 1 unspecified atom stereocenters. The second-order valence-corrected chi connectivity index (χ2v) is 11.6. The summed E-state index contributed by atoms with van der Waals surface area (Å²) in [5, 5.41) is 2.93. The summed E-state index contributed by atoms with van der Waals surface area (Å²) >= 11 is 0. The molecule has 1 aromatic carbocycles. The molecular weight excluding hydrogens is 430 g/mol. The third-order valence-electron chi connectivity index (χ3n) is 5.68. The minimum absolute atomic E-state index is 0.178. The molecule has 2 aliphatic rings. The lowest BCUT2D eigenvalue weighted by molar-refractivity contribution is -0.126. The lowest BCUT2D eigenvalue weighted by atomic mass is 10.0. The topological polar surface area (TPSA) is 113 Å². The average molecular weight is 460 g/mol. The van der Waals surface area contributed by atoms with Gasteiger partial charge in [0, 0.05) is 25.7 Å². The van der Waals surface area contributed by atoms with Crippen LogP contribution in [0.15, 0.2) is 29.2 Å². The molecule has 0 spiro atoms. The van der Waals surface area contributed by atoms with Crippen LogP contribution >= 0.6 is 0 Å². The van der Waals surface area contributed by atoms with E-state index in [1.165, 1.54) is 27.9 Å². The highest BCUT2D eigenvalue weighted by molar-refractivity contribution is 7.89. The number of methoxy groups -OCH3 is 1. The van der Waals surface area contributed by atoms with Crippen LogP contribution < -0.4 is 10.1 Å². The van der Waals surface area contributed by atoms with E-state index in [0.717, 1.165) is 19.1 Å². The summed E-state index contributed by atoms with van der Waals surface area (Å²) in [5.41, 5.74) is 0. The third-order valence-corrected chi connectivity index (χ3v) is 8.88. The lowest BCUT2D eigenvalue weighted by Crippen LogP contribution is -2.55. The molecule has 0 aliphatic carbocycles. The maximum atomic E-state index is 12.8. The first kappa shape index (κ1) is 23.0. The quantitative estimate of drug-likeness (QED) is 0.673. The highest BCUT2D eigenvalue weighted by atomic mass is 32.2. The standard InChI is InChI=1S/C19H29N3O6S2/c1-28-16-6-8-17(9-7-16)30(26,27)21-13-10-15(11-14-21)20-19(23)18-5-3-4-12-22(18)29(2,24)25/h6-9,15,18H,3-5,10-14H2,1-2H3,(H,20,23). The highest BCUT2D eigenvalue weighted by Gasteiger charge is 2.36. The Labute approximate surface area is 178 Å². The summed E-state index contributed by atoms with van der Waals surface area (Å²) in [4.78, 5) is 12.9. The molecule has 0 aromatic heterocycles. The van der Waals surface area contributed by atoms with Gasteiger partial charge in [-0.05, 0) is 49.9 Å². The zero-order valence-electron chi connectivity index (χ0n) is 17.3. The van der Waals surface area contributed by atoms with Crippen LogP contribution in [0.4, 0.5) is 0 Å². The molecule has 1 aromatic rings. The first-order valence-corrected chi connectivity index (χ1v) is 13.3. The molecule has 0 saturated carbocycles. The van der Waals surface area contributed by atoms with Gasteiger partial charge in [0.15, 0.2) is 0 Å². The third kappa shape index (κ3) is 5.13. The van der Waals surface area contributed by atoms with Crippen molar-refractivity contribution in [2.75, 3.05) is 33.0 Å². The zero-order valence-corrected chi connectivity index (χ0v) is 18.9. The van der Waals surface area contributed by atoms with Crippen LogP contribution in [-0.2, 0) is 24.8 Å². The molecule has 3 rings (SSSR count). The van der Waals surface area contributed by atoms with Gasteiger partial charge in [0.1, 0.15) is 11.8 Å². The number of ether oxygens (including phenoxy) is 1. The van der Waals surface area contributed by atoms with Crippen LogP contribution in [0.2, 0.25) is 0 Å². The van der Waals surface area contributed by atoms with Gasteiger partial charge in [-0.2, -0.15) is 8.61 Å². The van der Waals surface area contributed by atoms with Gasteiger partial charge in [0.25, 0.3) is 0 Å². The molecule has 9 nitrogen and oxygen atoms in total. The second-order valence-electron chi connectivity index (χ2n) is 7.75. The Morgan fingerprint density at radius 3 is 2.20 bits per heavy atom. The van der Waals surface area contributed by atoms with Crippen LogP contribution in [0.1, 0.15) is 32.1 Å². The van der Waals surface area contributed by atoms with E-state index < -0.39 is 26.1 Å². The molecule has 1 amide bonds. The molecule has 2 saturated heterocycles. The maximum absolute atomic E-state index is 12.8. The minimum atomic E-state index is -3.61. The molecule has 30 heavy (non-hydrogen) atoms. The van der Waals surface area contributed by atoms with Crippen molar-refractivity contribution in [3.63, 3.8) is 0 Å². The number of carbonyl (C=O) groups is 1. The summed E-state index contributed by atoms with van der Waals surface area (Å²) in [6.07, 6.45) is 4.14. The number of hydrogen-bond donors (Lipinski definition) is 1. The van der Waals surface area contributed by atoms with Crippen LogP contribution in [0.5, 0.6) is 5.75 Å². The minimum Gasteiger partial charge on any atom is -0.497 e. The van der Waals surface area contributed by atoms with Crippen molar-refractivity contribution in [3.8, 4) is 5.75 Å².